The van der Waals surface area contributed by atoms with Gasteiger partial charge in [0.15, 0.2) is 0 Å². The van der Waals surface area contributed by atoms with Gasteiger partial charge in [-0.25, -0.2) is 0 Å². The second-order valence-electron chi connectivity index (χ2n) is 20.4. The zero-order valence-corrected chi connectivity index (χ0v) is 37.4. The van der Waals surface area contributed by atoms with Crippen LogP contribution in [-0.2, 0) is 58.7 Å². The molecule has 0 amide bonds. The van der Waals surface area contributed by atoms with Crippen LogP contribution in [0, 0.1) is 0 Å². The van der Waals surface area contributed by atoms with E-state index >= 15 is 0 Å². The molecule has 0 aliphatic heterocycles. The number of hydrogen-bond donors (Lipinski definition) is 0. The average molecular weight is 850 g/mol. The summed E-state index contributed by atoms with van der Waals surface area (Å²) in [6.45, 7) is 26.0. The summed E-state index contributed by atoms with van der Waals surface area (Å²) in [7, 11) is 0. The second-order valence-corrected chi connectivity index (χ2v) is 33.2. The molecule has 56 heavy (non-hydrogen) atoms. The number of alkyl halides is 6. The van der Waals surface area contributed by atoms with Gasteiger partial charge in [-0.05, 0) is 0 Å². The minimum absolute atomic E-state index is 0.185. The number of hydrogen-bond acceptors (Lipinski definition) is 0. The number of allylic oxidation sites excluding steroid dienone is 4. The fraction of sp³-hybridized carbons (Fsp3) is 0.408. The van der Waals surface area contributed by atoms with E-state index in [1.165, 1.54) is 35.4 Å². The van der Waals surface area contributed by atoms with Crippen LogP contribution in [-0.4, -0.2) is 4.21 Å². The van der Waals surface area contributed by atoms with Crippen molar-refractivity contribution in [3.63, 3.8) is 0 Å². The van der Waals surface area contributed by atoms with Gasteiger partial charge in [-0.15, -0.1) is 0 Å². The van der Waals surface area contributed by atoms with Crippen LogP contribution in [0.1, 0.15) is 134 Å². The fourth-order valence-electron chi connectivity index (χ4n) is 9.52. The first-order valence-electron chi connectivity index (χ1n) is 19.5. The van der Waals surface area contributed by atoms with Gasteiger partial charge < -0.3 is 0 Å². The van der Waals surface area contributed by atoms with Gasteiger partial charge in [0, 0.05) is 0 Å². The van der Waals surface area contributed by atoms with E-state index in [9.17, 15) is 26.3 Å². The van der Waals surface area contributed by atoms with E-state index in [0.29, 0.717) is 19.4 Å². The zero-order valence-electron chi connectivity index (χ0n) is 35.0. The Morgan fingerprint density at radius 2 is 1.02 bits per heavy atom. The molecule has 6 rings (SSSR count). The van der Waals surface area contributed by atoms with Gasteiger partial charge in [0.05, 0.1) is 0 Å². The van der Waals surface area contributed by atoms with E-state index in [4.69, 9.17) is 4.21 Å². The molecule has 0 bridgehead atoms. The van der Waals surface area contributed by atoms with Crippen LogP contribution in [0.15, 0.2) is 88.2 Å². The molecule has 7 heteroatoms. The number of halogens is 6. The van der Waals surface area contributed by atoms with Gasteiger partial charge >= 0.3 is 332 Å². The van der Waals surface area contributed by atoms with Crippen molar-refractivity contribution < 1.29 is 44.6 Å². The molecule has 4 aromatic rings. The second kappa shape index (κ2) is 13.1. The van der Waals surface area contributed by atoms with Crippen molar-refractivity contribution in [1.29, 1.82) is 0 Å². The van der Waals surface area contributed by atoms with Crippen molar-refractivity contribution in [2.24, 2.45) is 0 Å². The van der Waals surface area contributed by atoms with E-state index in [0.717, 1.165) is 52.1 Å². The molecular formula is C49H56F6Zr. The Morgan fingerprint density at radius 3 is 1.43 bits per heavy atom. The third-order valence-corrected chi connectivity index (χ3v) is 28.5. The van der Waals surface area contributed by atoms with Gasteiger partial charge in [-0.1, -0.05) is 0 Å². The molecule has 2 aliphatic carbocycles. The first-order chi connectivity index (χ1) is 25.4. The summed E-state index contributed by atoms with van der Waals surface area (Å²) in [6, 6.07) is 17.7. The predicted octanol–water partition coefficient (Wildman–Crippen LogP) is 12.7. The zero-order chi connectivity index (χ0) is 41.8. The Morgan fingerprint density at radius 1 is 0.554 bits per heavy atom. The number of benzene rings is 4. The molecule has 298 valence electrons. The third kappa shape index (κ3) is 6.80. The molecule has 0 heterocycles. The molecule has 0 radical (unpaired) electrons. The Hall–Kier alpha value is -3.31. The Kier molecular flexibility index (Phi) is 9.90. The van der Waals surface area contributed by atoms with Gasteiger partial charge in [-0.3, -0.25) is 0 Å². The van der Waals surface area contributed by atoms with E-state index in [-0.39, 0.29) is 10.8 Å². The summed E-state index contributed by atoms with van der Waals surface area (Å²) in [5.74, 6) is 0. The van der Waals surface area contributed by atoms with E-state index in [1.807, 2.05) is 18.2 Å². The quantitative estimate of drug-likeness (QED) is 0.158. The fourth-order valence-corrected chi connectivity index (χ4v) is 26.3. The number of rotatable bonds is 4. The molecule has 0 saturated carbocycles. The SMILES string of the molecule is [CH2]=[Zr]([C]1=CC=CC1)([c]1cccc(C(F)(F)F)c1)([c]1cccc(C(F)(F)F)c1)[c]1c2c(cc(C(C)(C)C)c1C(C)(C)C)-c1cc(C(C)(C)C)c(C(C)(C)C)cc1C2. The Balaban J connectivity index is 1.97. The molecule has 0 atom stereocenters. The number of fused-ring (bicyclic) bond motifs is 3. The van der Waals surface area contributed by atoms with Crippen LogP contribution in [0.5, 0.6) is 0 Å². The molecule has 2 aliphatic rings. The molecule has 0 unspecified atom stereocenters. The van der Waals surface area contributed by atoms with E-state index in [1.54, 1.807) is 12.1 Å². The van der Waals surface area contributed by atoms with Gasteiger partial charge in [-0.2, -0.15) is 0 Å². The van der Waals surface area contributed by atoms with Crippen molar-refractivity contribution in [2.45, 2.75) is 130 Å². The summed E-state index contributed by atoms with van der Waals surface area (Å²) >= 11 is -6.26. The molecule has 4 aromatic carbocycles. The molecule has 0 nitrogen and oxygen atoms in total. The van der Waals surface area contributed by atoms with Crippen molar-refractivity contribution in [2.75, 3.05) is 0 Å². The van der Waals surface area contributed by atoms with E-state index in [2.05, 4.69) is 101 Å². The van der Waals surface area contributed by atoms with Gasteiger partial charge in [0.1, 0.15) is 0 Å². The summed E-state index contributed by atoms with van der Waals surface area (Å²) in [6.07, 6.45) is -2.73. The standard InChI is InChI=1S/C29H41.2C7H4F3.C5H5.CH2.Zr/c1-26(2,3)22-14-18-13-19-15-23(27(4,5)6)25(29(10,11)12)17-21(19)20(18)16-24(22)28(7,8)9;2*8-7(9,10)6-4-2-1-3-5-6;1-2-4-5-3-1;;/h14,16-17H,13H2,1-12H3;2*1-2,4-5H;1-3H,4H2;1H2;. The maximum atomic E-state index is 14.9. The monoisotopic (exact) mass is 848 g/mol. The minimum atomic E-state index is -6.26. The third-order valence-electron chi connectivity index (χ3n) is 12.2. The first-order valence-corrected chi connectivity index (χ1v) is 26.2. The maximum absolute atomic E-state index is 14.9. The topological polar surface area (TPSA) is 0 Å². The molecule has 0 fully saturated rings. The van der Waals surface area contributed by atoms with Gasteiger partial charge in [0.25, 0.3) is 0 Å². The summed E-state index contributed by atoms with van der Waals surface area (Å²) in [4.78, 5) is 0. The Labute approximate surface area is 330 Å². The summed E-state index contributed by atoms with van der Waals surface area (Å²) in [5.41, 5.74) is 5.46. The van der Waals surface area contributed by atoms with Crippen molar-refractivity contribution >= 4 is 14.0 Å². The molecule has 0 aromatic heterocycles. The Bertz CT molecular complexity index is 2310. The predicted molar refractivity (Wildman–Crippen MR) is 220 cm³/mol. The molecule has 0 saturated heterocycles. The van der Waals surface area contributed by atoms with Crippen LogP contribution < -0.4 is 9.81 Å². The van der Waals surface area contributed by atoms with Crippen molar-refractivity contribution in [3.05, 3.63) is 133 Å². The van der Waals surface area contributed by atoms with Crippen molar-refractivity contribution in [1.82, 2.24) is 0 Å². The normalized spacial score (nSPS) is 15.6. The van der Waals surface area contributed by atoms with Crippen LogP contribution in [0.2, 0.25) is 0 Å². The van der Waals surface area contributed by atoms with Crippen molar-refractivity contribution in [3.8, 4) is 11.1 Å². The van der Waals surface area contributed by atoms with Crippen LogP contribution >= 0.6 is 0 Å². The molecule has 0 spiro atoms. The summed E-state index contributed by atoms with van der Waals surface area (Å²) in [5, 5.41) is 0. The van der Waals surface area contributed by atoms with Crippen LogP contribution in [0.25, 0.3) is 11.1 Å². The van der Waals surface area contributed by atoms with Gasteiger partial charge in [0.2, 0.25) is 0 Å². The first kappa shape index (κ1) is 42.3. The molecular weight excluding hydrogens is 794 g/mol. The average Bonchev–Trinajstić information content (AvgIpc) is 3.73. The molecule has 0 N–H and O–H groups in total. The van der Waals surface area contributed by atoms with Crippen LogP contribution in [0.4, 0.5) is 26.3 Å². The van der Waals surface area contributed by atoms with E-state index < -0.39 is 52.6 Å². The van der Waals surface area contributed by atoms with Crippen LogP contribution in [0.3, 0.4) is 0 Å². The summed E-state index contributed by atoms with van der Waals surface area (Å²) < 4.78 is 97.0.